The van der Waals surface area contributed by atoms with E-state index in [4.69, 9.17) is 0 Å². The highest BCUT2D eigenvalue weighted by molar-refractivity contribution is 5.97. The molecule has 1 saturated carbocycles. The van der Waals surface area contributed by atoms with E-state index in [2.05, 4.69) is 9.88 Å². The van der Waals surface area contributed by atoms with Gasteiger partial charge in [-0.3, -0.25) is 14.7 Å². The molecule has 30 heavy (non-hydrogen) atoms. The van der Waals surface area contributed by atoms with E-state index in [-0.39, 0.29) is 5.78 Å². The maximum absolute atomic E-state index is 13.6. The van der Waals surface area contributed by atoms with Crippen molar-refractivity contribution in [1.29, 1.82) is 0 Å². The van der Waals surface area contributed by atoms with Crippen molar-refractivity contribution in [2.75, 3.05) is 0 Å². The molecule has 1 aliphatic carbocycles. The normalized spacial score (nSPS) is 13.6. The first-order chi connectivity index (χ1) is 14.5. The van der Waals surface area contributed by atoms with Gasteiger partial charge in [0.1, 0.15) is 0 Å². The van der Waals surface area contributed by atoms with Gasteiger partial charge in [0, 0.05) is 43.5 Å². The van der Waals surface area contributed by atoms with Crippen LogP contribution in [0.3, 0.4) is 0 Å². The van der Waals surface area contributed by atoms with Crippen molar-refractivity contribution < 1.29 is 13.6 Å². The molecule has 1 aromatic heterocycles. The number of halogens is 2. The summed E-state index contributed by atoms with van der Waals surface area (Å²) in [5.41, 5.74) is 4.42. The van der Waals surface area contributed by atoms with Gasteiger partial charge in [0.15, 0.2) is 17.4 Å². The highest BCUT2D eigenvalue weighted by Gasteiger charge is 2.29. The van der Waals surface area contributed by atoms with Crippen molar-refractivity contribution in [1.82, 2.24) is 9.88 Å². The second-order valence-electron chi connectivity index (χ2n) is 8.05. The summed E-state index contributed by atoms with van der Waals surface area (Å²) in [5.74, 6) is -1.62. The minimum absolute atomic E-state index is 0.0341. The number of rotatable bonds is 8. The minimum Gasteiger partial charge on any atom is -0.294 e. The predicted molar refractivity (Wildman–Crippen MR) is 112 cm³/mol. The van der Waals surface area contributed by atoms with Crippen LogP contribution in [0.15, 0.2) is 60.9 Å². The Hall–Kier alpha value is -2.92. The first kappa shape index (κ1) is 20.4. The molecule has 5 heteroatoms. The van der Waals surface area contributed by atoms with Crippen LogP contribution < -0.4 is 0 Å². The average Bonchev–Trinajstić information content (AvgIpc) is 3.57. The molecule has 4 rings (SSSR count). The van der Waals surface area contributed by atoms with Crippen molar-refractivity contribution in [3.8, 4) is 0 Å². The van der Waals surface area contributed by atoms with Gasteiger partial charge >= 0.3 is 0 Å². The third-order valence-electron chi connectivity index (χ3n) is 5.42. The fourth-order valence-corrected chi connectivity index (χ4v) is 3.58. The molecule has 0 unspecified atom stereocenters. The van der Waals surface area contributed by atoms with Crippen molar-refractivity contribution in [3.05, 3.63) is 100 Å². The lowest BCUT2D eigenvalue weighted by Gasteiger charge is -2.22. The van der Waals surface area contributed by atoms with Crippen molar-refractivity contribution in [2.24, 2.45) is 0 Å². The third kappa shape index (κ3) is 5.16. The number of carbonyl (C=O) groups is 1. The first-order valence-electron chi connectivity index (χ1n) is 10.2. The molecule has 0 atom stereocenters. The number of Topliss-reactive ketones (excluding diaryl/α,β-unsaturated/α-hetero) is 1. The van der Waals surface area contributed by atoms with Gasteiger partial charge in [-0.15, -0.1) is 0 Å². The van der Waals surface area contributed by atoms with Gasteiger partial charge in [-0.2, -0.15) is 0 Å². The third-order valence-corrected chi connectivity index (χ3v) is 5.42. The average molecular weight is 406 g/mol. The van der Waals surface area contributed by atoms with Crippen molar-refractivity contribution in [2.45, 2.75) is 45.3 Å². The molecule has 2 aromatic carbocycles. The van der Waals surface area contributed by atoms with Crippen molar-refractivity contribution in [3.63, 3.8) is 0 Å². The van der Waals surface area contributed by atoms with Crippen LogP contribution >= 0.6 is 0 Å². The Balaban J connectivity index is 1.45. The Morgan fingerprint density at radius 1 is 0.933 bits per heavy atom. The Bertz CT molecular complexity index is 1050. The second kappa shape index (κ2) is 8.84. The Morgan fingerprint density at radius 2 is 1.63 bits per heavy atom. The van der Waals surface area contributed by atoms with E-state index in [1.165, 1.54) is 12.1 Å². The number of aromatic nitrogens is 1. The standard InChI is InChI=1S/C25H24F2N2O/c1-17-2-4-18(5-3-17)12-25(30)21-10-20(13-28-14-21)16-29(22-7-8-22)15-19-6-9-23(26)24(27)11-19/h2-6,9-11,13-14,22H,7-8,12,15-16H2,1H3. The number of aryl methyl sites for hydroxylation is 1. The zero-order valence-corrected chi connectivity index (χ0v) is 16.9. The van der Waals surface area contributed by atoms with E-state index in [1.807, 2.05) is 37.3 Å². The number of benzene rings is 2. The molecular weight excluding hydrogens is 382 g/mol. The number of hydrogen-bond donors (Lipinski definition) is 0. The highest BCUT2D eigenvalue weighted by Crippen LogP contribution is 2.30. The molecule has 0 spiro atoms. The molecule has 0 saturated heterocycles. The van der Waals surface area contributed by atoms with Crippen LogP contribution in [0.4, 0.5) is 8.78 Å². The second-order valence-corrected chi connectivity index (χ2v) is 8.05. The molecule has 0 bridgehead atoms. The molecule has 0 radical (unpaired) electrons. The molecular formula is C25H24F2N2O. The SMILES string of the molecule is Cc1ccc(CC(=O)c2cncc(CN(Cc3ccc(F)c(F)c3)C3CC3)c2)cc1. The highest BCUT2D eigenvalue weighted by atomic mass is 19.2. The molecule has 0 amide bonds. The lowest BCUT2D eigenvalue weighted by molar-refractivity contribution is 0.0992. The number of carbonyl (C=O) groups excluding carboxylic acids is 1. The summed E-state index contributed by atoms with van der Waals surface area (Å²) >= 11 is 0. The summed E-state index contributed by atoms with van der Waals surface area (Å²) in [7, 11) is 0. The molecule has 0 aliphatic heterocycles. The van der Waals surface area contributed by atoms with Gasteiger partial charge in [-0.05, 0) is 54.7 Å². The van der Waals surface area contributed by atoms with E-state index in [0.29, 0.717) is 31.1 Å². The maximum Gasteiger partial charge on any atom is 0.168 e. The first-order valence-corrected chi connectivity index (χ1v) is 10.2. The zero-order chi connectivity index (χ0) is 21.1. The Labute approximate surface area is 175 Å². The monoisotopic (exact) mass is 406 g/mol. The molecule has 0 N–H and O–H groups in total. The zero-order valence-electron chi connectivity index (χ0n) is 16.9. The van der Waals surface area contributed by atoms with E-state index in [0.717, 1.165) is 35.1 Å². The molecule has 1 heterocycles. The maximum atomic E-state index is 13.6. The van der Waals surface area contributed by atoms with Gasteiger partial charge in [0.2, 0.25) is 0 Å². The number of ketones is 1. The van der Waals surface area contributed by atoms with E-state index in [9.17, 15) is 13.6 Å². The van der Waals surface area contributed by atoms with Crippen LogP contribution in [-0.4, -0.2) is 21.7 Å². The van der Waals surface area contributed by atoms with Gasteiger partial charge < -0.3 is 0 Å². The van der Waals surface area contributed by atoms with Crippen LogP contribution in [0.25, 0.3) is 0 Å². The van der Waals surface area contributed by atoms with Gasteiger partial charge in [0.25, 0.3) is 0 Å². The fraction of sp³-hybridized carbons (Fsp3) is 0.280. The lowest BCUT2D eigenvalue weighted by atomic mass is 10.0. The molecule has 3 nitrogen and oxygen atoms in total. The van der Waals surface area contributed by atoms with Crippen LogP contribution in [0.2, 0.25) is 0 Å². The van der Waals surface area contributed by atoms with Crippen LogP contribution in [0, 0.1) is 18.6 Å². The molecule has 1 fully saturated rings. The number of pyridine rings is 1. The molecule has 3 aromatic rings. The summed E-state index contributed by atoms with van der Waals surface area (Å²) in [4.78, 5) is 19.2. The number of nitrogens with zero attached hydrogens (tertiary/aromatic N) is 2. The Kier molecular flexibility index (Phi) is 6.00. The summed E-state index contributed by atoms with van der Waals surface area (Å²) in [5, 5.41) is 0. The van der Waals surface area contributed by atoms with E-state index >= 15 is 0 Å². The Morgan fingerprint density at radius 3 is 2.33 bits per heavy atom. The summed E-state index contributed by atoms with van der Waals surface area (Å²) in [6.45, 7) is 3.16. The van der Waals surface area contributed by atoms with Crippen LogP contribution in [0.5, 0.6) is 0 Å². The smallest absolute Gasteiger partial charge is 0.168 e. The van der Waals surface area contributed by atoms with Crippen LogP contribution in [-0.2, 0) is 19.5 Å². The van der Waals surface area contributed by atoms with Gasteiger partial charge in [0.05, 0.1) is 0 Å². The topological polar surface area (TPSA) is 33.2 Å². The van der Waals surface area contributed by atoms with E-state index < -0.39 is 11.6 Å². The predicted octanol–water partition coefficient (Wildman–Crippen LogP) is 5.26. The quantitative estimate of drug-likeness (QED) is 0.479. The van der Waals surface area contributed by atoms with Crippen molar-refractivity contribution >= 4 is 5.78 Å². The van der Waals surface area contributed by atoms with E-state index in [1.54, 1.807) is 18.5 Å². The lowest BCUT2D eigenvalue weighted by Crippen LogP contribution is -2.25. The van der Waals surface area contributed by atoms with Crippen LogP contribution in [0.1, 0.15) is 45.5 Å². The summed E-state index contributed by atoms with van der Waals surface area (Å²) in [6, 6.07) is 14.3. The summed E-state index contributed by atoms with van der Waals surface area (Å²) < 4.78 is 26.8. The summed E-state index contributed by atoms with van der Waals surface area (Å²) in [6.07, 6.45) is 5.89. The molecule has 1 aliphatic rings. The minimum atomic E-state index is -0.833. The van der Waals surface area contributed by atoms with Gasteiger partial charge in [-0.25, -0.2) is 8.78 Å². The number of hydrogen-bond acceptors (Lipinski definition) is 3. The fourth-order valence-electron chi connectivity index (χ4n) is 3.58. The van der Waals surface area contributed by atoms with Gasteiger partial charge in [-0.1, -0.05) is 35.9 Å². The largest absolute Gasteiger partial charge is 0.294 e. The molecule has 154 valence electrons.